The van der Waals surface area contributed by atoms with Gasteiger partial charge in [0.1, 0.15) is 0 Å². The first-order valence-corrected chi connectivity index (χ1v) is 8.62. The molecule has 0 spiro atoms. The van der Waals surface area contributed by atoms with E-state index in [1.807, 2.05) is 0 Å². The van der Waals surface area contributed by atoms with Crippen molar-refractivity contribution in [3.05, 3.63) is 70.8 Å². The van der Waals surface area contributed by atoms with E-state index in [4.69, 9.17) is 40.9 Å². The molecule has 2 rings (SSSR count). The van der Waals surface area contributed by atoms with Crippen molar-refractivity contribution in [3.63, 3.8) is 0 Å². The molecule has 12 nitrogen and oxygen atoms in total. The second-order valence-corrected chi connectivity index (χ2v) is 5.27. The zero-order valence-corrected chi connectivity index (χ0v) is 16.7. The number of rotatable bonds is 6. The third kappa shape index (κ3) is 14.2. The highest BCUT2D eigenvalue weighted by Gasteiger charge is 2.07. The number of benzene rings is 2. The number of hydrogen-bond acceptors (Lipinski definition) is 8. The first-order chi connectivity index (χ1) is 15.0. The second-order valence-electron chi connectivity index (χ2n) is 5.27. The maximum absolute atomic E-state index is 10.4. The molecule has 0 aromatic heterocycles. The lowest BCUT2D eigenvalue weighted by molar-refractivity contribution is 0.0681. The fraction of sp³-hybridized carbons (Fsp3) is 0.200. The molecule has 32 heavy (non-hydrogen) atoms. The summed E-state index contributed by atoms with van der Waals surface area (Å²) in [7, 11) is 0. The number of carboxylic acids is 4. The average molecular weight is 456 g/mol. The standard InChI is InChI=1S/2C8H6O4.2C2H6O2/c9-7(10)5-1-2-6(4-3-5)8(11)12;9-7(10)5-2-1-3-6(4-5)8(11)12;2*3-1-2-4/h2*1-4H,(H,9,10)(H,11,12);2*3-4H,1-2H2. The van der Waals surface area contributed by atoms with E-state index in [0.29, 0.717) is 0 Å². The Morgan fingerprint density at radius 2 is 0.719 bits per heavy atom. The Morgan fingerprint density at radius 1 is 0.469 bits per heavy atom. The van der Waals surface area contributed by atoms with Crippen molar-refractivity contribution in [2.24, 2.45) is 0 Å². The summed E-state index contributed by atoms with van der Waals surface area (Å²) in [6, 6.07) is 10.2. The van der Waals surface area contributed by atoms with Crippen LogP contribution in [0.5, 0.6) is 0 Å². The normalized spacial score (nSPS) is 8.88. The first-order valence-electron chi connectivity index (χ1n) is 8.62. The van der Waals surface area contributed by atoms with Crippen molar-refractivity contribution < 1.29 is 60.0 Å². The average Bonchev–Trinajstić information content (AvgIpc) is 2.79. The monoisotopic (exact) mass is 456 g/mol. The van der Waals surface area contributed by atoms with Crippen molar-refractivity contribution >= 4 is 23.9 Å². The van der Waals surface area contributed by atoms with Crippen LogP contribution in [0.3, 0.4) is 0 Å². The van der Waals surface area contributed by atoms with E-state index in [2.05, 4.69) is 0 Å². The van der Waals surface area contributed by atoms with Gasteiger partial charge in [-0.25, -0.2) is 19.2 Å². The summed E-state index contributed by atoms with van der Waals surface area (Å²) in [5.41, 5.74) is 0.129. The molecule has 0 bridgehead atoms. The molecular weight excluding hydrogens is 432 g/mol. The van der Waals surface area contributed by atoms with Crippen LogP contribution in [0, 0.1) is 0 Å². The Labute approximate surface area is 181 Å². The van der Waals surface area contributed by atoms with Gasteiger partial charge in [-0.05, 0) is 42.5 Å². The molecule has 0 atom stereocenters. The molecule has 0 heterocycles. The number of carbonyl (C=O) groups is 4. The lowest BCUT2D eigenvalue weighted by atomic mass is 10.1. The summed E-state index contributed by atoms with van der Waals surface area (Å²) < 4.78 is 0. The molecule has 0 aliphatic rings. The Kier molecular flexibility index (Phi) is 17.0. The summed E-state index contributed by atoms with van der Waals surface area (Å²) in [6.45, 7) is -0.500. The molecule has 0 saturated heterocycles. The fourth-order valence-corrected chi connectivity index (χ4v) is 1.54. The molecule has 12 heteroatoms. The summed E-state index contributed by atoms with van der Waals surface area (Å²) in [5.74, 6) is -4.38. The van der Waals surface area contributed by atoms with E-state index in [0.717, 1.165) is 6.07 Å². The minimum atomic E-state index is -1.13. The summed E-state index contributed by atoms with van der Waals surface area (Å²) in [6.07, 6.45) is 0. The molecule has 0 radical (unpaired) electrons. The van der Waals surface area contributed by atoms with Gasteiger partial charge in [0.05, 0.1) is 48.7 Å². The summed E-state index contributed by atoms with van der Waals surface area (Å²) in [4.78, 5) is 41.4. The lowest BCUT2D eigenvalue weighted by Crippen LogP contribution is -2.01. The Balaban J connectivity index is 0. The molecule has 176 valence electrons. The predicted octanol–water partition coefficient (Wildman–Crippen LogP) is 0.108. The maximum Gasteiger partial charge on any atom is 0.335 e. The van der Waals surface area contributed by atoms with Gasteiger partial charge in [-0.3, -0.25) is 0 Å². The van der Waals surface area contributed by atoms with Gasteiger partial charge >= 0.3 is 23.9 Å². The minimum absolute atomic E-state index is 0.0186. The number of carboxylic acid groups (broad SMARTS) is 4. The van der Waals surface area contributed by atoms with Gasteiger partial charge < -0.3 is 40.9 Å². The van der Waals surface area contributed by atoms with Crippen LogP contribution in [-0.2, 0) is 0 Å². The topological polar surface area (TPSA) is 230 Å². The molecule has 0 aliphatic carbocycles. The van der Waals surface area contributed by atoms with Gasteiger partial charge in [-0.1, -0.05) is 6.07 Å². The fourth-order valence-electron chi connectivity index (χ4n) is 1.54. The van der Waals surface area contributed by atoms with Crippen molar-refractivity contribution in [3.8, 4) is 0 Å². The van der Waals surface area contributed by atoms with E-state index < -0.39 is 23.9 Å². The SMILES string of the molecule is O=C(O)c1ccc(C(=O)O)cc1.O=C(O)c1cccc(C(=O)O)c1.OCCO.OCCO. The molecule has 0 amide bonds. The Bertz CT molecular complexity index is 776. The van der Waals surface area contributed by atoms with Crippen LogP contribution in [0.1, 0.15) is 41.4 Å². The number of aliphatic hydroxyl groups excluding tert-OH is 4. The van der Waals surface area contributed by atoms with E-state index in [9.17, 15) is 19.2 Å². The minimum Gasteiger partial charge on any atom is -0.478 e. The van der Waals surface area contributed by atoms with Crippen LogP contribution >= 0.6 is 0 Å². The number of aliphatic hydroxyl groups is 4. The van der Waals surface area contributed by atoms with E-state index in [1.54, 1.807) is 0 Å². The van der Waals surface area contributed by atoms with Crippen molar-refractivity contribution in [2.75, 3.05) is 26.4 Å². The molecule has 2 aromatic rings. The molecule has 8 N–H and O–H groups in total. The van der Waals surface area contributed by atoms with Gasteiger partial charge in [0.25, 0.3) is 0 Å². The Morgan fingerprint density at radius 3 is 0.906 bits per heavy atom. The zero-order valence-electron chi connectivity index (χ0n) is 16.7. The Hall–Kier alpha value is -3.84. The van der Waals surface area contributed by atoms with Crippen molar-refractivity contribution in [1.29, 1.82) is 0 Å². The maximum atomic E-state index is 10.4. The second kappa shape index (κ2) is 18.0. The van der Waals surface area contributed by atoms with E-state index >= 15 is 0 Å². The molecule has 0 saturated carbocycles. The molecule has 0 fully saturated rings. The molecule has 2 aromatic carbocycles. The largest absolute Gasteiger partial charge is 0.478 e. The van der Waals surface area contributed by atoms with E-state index in [1.165, 1.54) is 42.5 Å². The highest BCUT2D eigenvalue weighted by Crippen LogP contribution is 2.05. The lowest BCUT2D eigenvalue weighted by Gasteiger charge is -1.95. The van der Waals surface area contributed by atoms with Gasteiger partial charge in [0.15, 0.2) is 0 Å². The third-order valence-corrected chi connectivity index (χ3v) is 2.94. The van der Waals surface area contributed by atoms with Crippen LogP contribution in [0.4, 0.5) is 0 Å². The third-order valence-electron chi connectivity index (χ3n) is 2.94. The number of aromatic carboxylic acids is 4. The van der Waals surface area contributed by atoms with E-state index in [-0.39, 0.29) is 48.7 Å². The van der Waals surface area contributed by atoms with Crippen LogP contribution in [0.2, 0.25) is 0 Å². The van der Waals surface area contributed by atoms with Crippen LogP contribution in [0.25, 0.3) is 0 Å². The quantitative estimate of drug-likeness (QED) is 0.289. The summed E-state index contributed by atoms with van der Waals surface area (Å²) >= 11 is 0. The van der Waals surface area contributed by atoms with Crippen molar-refractivity contribution in [2.45, 2.75) is 0 Å². The molecule has 0 unspecified atom stereocenters. The van der Waals surface area contributed by atoms with Crippen LogP contribution in [0.15, 0.2) is 48.5 Å². The smallest absolute Gasteiger partial charge is 0.335 e. The highest BCUT2D eigenvalue weighted by atomic mass is 16.4. The zero-order chi connectivity index (χ0) is 25.1. The van der Waals surface area contributed by atoms with Gasteiger partial charge in [-0.15, -0.1) is 0 Å². The van der Waals surface area contributed by atoms with Gasteiger partial charge in [-0.2, -0.15) is 0 Å². The molecular formula is C20H24O12. The highest BCUT2D eigenvalue weighted by molar-refractivity contribution is 5.93. The summed E-state index contributed by atoms with van der Waals surface area (Å²) in [5, 5.41) is 64.4. The van der Waals surface area contributed by atoms with Gasteiger partial charge in [0.2, 0.25) is 0 Å². The van der Waals surface area contributed by atoms with Crippen LogP contribution in [-0.4, -0.2) is 91.2 Å². The van der Waals surface area contributed by atoms with Crippen molar-refractivity contribution in [1.82, 2.24) is 0 Å². The molecule has 0 aliphatic heterocycles. The van der Waals surface area contributed by atoms with Crippen LogP contribution < -0.4 is 0 Å². The van der Waals surface area contributed by atoms with Gasteiger partial charge in [0, 0.05) is 0 Å². The number of hydrogen-bond donors (Lipinski definition) is 8. The predicted molar refractivity (Wildman–Crippen MR) is 109 cm³/mol. The first kappa shape index (κ1) is 30.4.